The van der Waals surface area contributed by atoms with Gasteiger partial charge in [0.25, 0.3) is 5.91 Å². The summed E-state index contributed by atoms with van der Waals surface area (Å²) in [5, 5.41) is 14.1. The van der Waals surface area contributed by atoms with Gasteiger partial charge in [-0.05, 0) is 91.6 Å². The lowest BCUT2D eigenvalue weighted by Gasteiger charge is -2.29. The zero-order chi connectivity index (χ0) is 27.5. The van der Waals surface area contributed by atoms with Crippen molar-refractivity contribution in [3.8, 4) is 17.2 Å². The second kappa shape index (κ2) is 11.4. The number of para-hydroxylation sites is 2. The van der Waals surface area contributed by atoms with Crippen LogP contribution in [0, 0.1) is 6.92 Å². The van der Waals surface area contributed by atoms with Crippen molar-refractivity contribution < 1.29 is 14.6 Å². The van der Waals surface area contributed by atoms with Crippen LogP contribution < -0.4 is 10.1 Å². The molecular formula is C34H33N3O3. The van der Waals surface area contributed by atoms with E-state index in [2.05, 4.69) is 45.2 Å². The highest BCUT2D eigenvalue weighted by atomic mass is 16.5. The third-order valence-corrected chi connectivity index (χ3v) is 7.56. The fraction of sp³-hybridized carbons (Fsp3) is 0.206. The molecule has 6 heteroatoms. The molecule has 1 saturated heterocycles. The molecule has 0 radical (unpaired) electrons. The first-order valence-corrected chi connectivity index (χ1v) is 13.8. The first-order chi connectivity index (χ1) is 19.5. The van der Waals surface area contributed by atoms with Crippen molar-refractivity contribution in [1.82, 2.24) is 9.47 Å². The summed E-state index contributed by atoms with van der Waals surface area (Å²) >= 11 is 0. The van der Waals surface area contributed by atoms with Crippen LogP contribution in [0.5, 0.6) is 11.5 Å². The van der Waals surface area contributed by atoms with Crippen LogP contribution in [0.4, 0.5) is 5.69 Å². The van der Waals surface area contributed by atoms with Crippen molar-refractivity contribution in [2.24, 2.45) is 0 Å². The van der Waals surface area contributed by atoms with E-state index in [0.717, 1.165) is 66.4 Å². The second-order valence-electron chi connectivity index (χ2n) is 10.4. The molecule has 6 nitrogen and oxygen atoms in total. The number of anilines is 1. The maximum atomic E-state index is 13.0. The summed E-state index contributed by atoms with van der Waals surface area (Å²) in [6, 6.07) is 31.4. The van der Waals surface area contributed by atoms with Gasteiger partial charge in [0.05, 0.1) is 11.6 Å². The Labute approximate surface area is 234 Å². The van der Waals surface area contributed by atoms with E-state index in [4.69, 9.17) is 4.74 Å². The van der Waals surface area contributed by atoms with E-state index in [1.165, 1.54) is 10.9 Å². The fourth-order valence-corrected chi connectivity index (χ4v) is 5.34. The number of amides is 1. The number of carbonyl (C=O) groups is 1. The van der Waals surface area contributed by atoms with Crippen molar-refractivity contribution in [3.63, 3.8) is 0 Å². The largest absolute Gasteiger partial charge is 0.457 e. The van der Waals surface area contributed by atoms with Gasteiger partial charge in [-0.1, -0.05) is 36.4 Å². The zero-order valence-corrected chi connectivity index (χ0v) is 22.6. The Morgan fingerprint density at radius 2 is 1.65 bits per heavy atom. The molecule has 1 fully saturated rings. The van der Waals surface area contributed by atoms with Crippen molar-refractivity contribution in [2.45, 2.75) is 32.4 Å². The van der Waals surface area contributed by atoms with E-state index < -0.39 is 0 Å². The first kappa shape index (κ1) is 25.9. The lowest BCUT2D eigenvalue weighted by Crippen LogP contribution is -2.35. The number of rotatable bonds is 7. The average molecular weight is 532 g/mol. The molecule has 0 unspecified atom stereocenters. The summed E-state index contributed by atoms with van der Waals surface area (Å²) in [4.78, 5) is 15.4. The molecular weight excluding hydrogens is 498 g/mol. The zero-order valence-electron chi connectivity index (χ0n) is 22.6. The van der Waals surface area contributed by atoms with E-state index in [1.54, 1.807) is 0 Å². The molecule has 40 heavy (non-hydrogen) atoms. The van der Waals surface area contributed by atoms with Gasteiger partial charge in [-0.15, -0.1) is 0 Å². The molecule has 4 aromatic carbocycles. The fourth-order valence-electron chi connectivity index (χ4n) is 5.34. The lowest BCUT2D eigenvalue weighted by molar-refractivity contribution is 0.0794. The maximum absolute atomic E-state index is 13.0. The van der Waals surface area contributed by atoms with Crippen molar-refractivity contribution in [3.05, 3.63) is 120 Å². The van der Waals surface area contributed by atoms with Crippen LogP contribution in [-0.2, 0) is 6.54 Å². The van der Waals surface area contributed by atoms with Gasteiger partial charge in [0, 0.05) is 48.2 Å². The normalized spacial score (nSPS) is 14.3. The summed E-state index contributed by atoms with van der Waals surface area (Å²) < 4.78 is 8.15. The smallest absolute Gasteiger partial charge is 0.255 e. The Balaban J connectivity index is 1.16. The number of likely N-dealkylation sites (tertiary alicyclic amines) is 1. The van der Waals surface area contributed by atoms with Crippen molar-refractivity contribution in [2.75, 3.05) is 18.4 Å². The minimum atomic E-state index is -0.176. The second-order valence-corrected chi connectivity index (χ2v) is 10.4. The van der Waals surface area contributed by atoms with E-state index in [1.807, 2.05) is 79.7 Å². The number of hydrogen-bond donors (Lipinski definition) is 2. The summed E-state index contributed by atoms with van der Waals surface area (Å²) in [7, 11) is 0. The molecule has 5 aromatic rings. The highest BCUT2D eigenvalue weighted by Gasteiger charge is 2.19. The minimum absolute atomic E-state index is 0.159. The van der Waals surface area contributed by atoms with Gasteiger partial charge in [-0.2, -0.15) is 0 Å². The Morgan fingerprint density at radius 3 is 2.40 bits per heavy atom. The maximum Gasteiger partial charge on any atom is 0.255 e. The summed E-state index contributed by atoms with van der Waals surface area (Å²) in [5.41, 5.74) is 5.66. The molecule has 0 atom stereocenters. The number of benzene rings is 4. The number of aliphatic hydroxyl groups is 1. The molecule has 1 amide bonds. The number of carbonyl (C=O) groups excluding carboxylic acids is 1. The summed E-state index contributed by atoms with van der Waals surface area (Å²) in [6.07, 6.45) is 3.68. The number of aromatic nitrogens is 1. The Bertz CT molecular complexity index is 1620. The molecule has 1 aromatic heterocycles. The number of aliphatic hydroxyl groups excluding tert-OH is 1. The molecule has 0 spiro atoms. The van der Waals surface area contributed by atoms with E-state index >= 15 is 0 Å². The predicted octanol–water partition coefficient (Wildman–Crippen LogP) is 6.94. The predicted molar refractivity (Wildman–Crippen MR) is 159 cm³/mol. The van der Waals surface area contributed by atoms with Gasteiger partial charge in [-0.25, -0.2) is 0 Å². The topological polar surface area (TPSA) is 66.7 Å². The van der Waals surface area contributed by atoms with Crippen LogP contribution in [0.25, 0.3) is 16.6 Å². The van der Waals surface area contributed by atoms with Crippen LogP contribution in [0.3, 0.4) is 0 Å². The van der Waals surface area contributed by atoms with Gasteiger partial charge >= 0.3 is 0 Å². The molecule has 2 heterocycles. The van der Waals surface area contributed by atoms with Gasteiger partial charge in [0.15, 0.2) is 0 Å². The van der Waals surface area contributed by atoms with Crippen LogP contribution >= 0.6 is 0 Å². The summed E-state index contributed by atoms with van der Waals surface area (Å²) in [5.74, 6) is 1.37. The van der Waals surface area contributed by atoms with Gasteiger partial charge in [0.2, 0.25) is 0 Å². The first-order valence-electron chi connectivity index (χ1n) is 13.8. The number of hydrogen-bond acceptors (Lipinski definition) is 4. The number of nitrogens with one attached hydrogen (secondary N) is 1. The third kappa shape index (κ3) is 5.64. The van der Waals surface area contributed by atoms with Crippen molar-refractivity contribution in [1.29, 1.82) is 0 Å². The molecule has 0 saturated carbocycles. The number of piperidine rings is 1. The monoisotopic (exact) mass is 531 g/mol. The Kier molecular flexibility index (Phi) is 7.36. The molecule has 0 aliphatic carbocycles. The van der Waals surface area contributed by atoms with E-state index in [0.29, 0.717) is 5.56 Å². The van der Waals surface area contributed by atoms with Crippen LogP contribution in [0.15, 0.2) is 103 Å². The molecule has 202 valence electrons. The molecule has 1 aliphatic rings. The minimum Gasteiger partial charge on any atom is -0.457 e. The molecule has 6 rings (SSSR count). The van der Waals surface area contributed by atoms with E-state index in [9.17, 15) is 9.90 Å². The molecule has 1 aliphatic heterocycles. The molecule has 2 N–H and O–H groups in total. The standard InChI is InChI=1S/C34H33N3O3/c1-24-21-27(13-16-33(24)40-30-7-3-2-4-8-30)35-34(39)25-11-14-28(15-12-25)37-23-26(31-9-5-6-10-32(31)37)22-36-19-17-29(38)18-20-36/h2-16,21,23,29,38H,17-20,22H2,1H3,(H,35,39). The van der Waals surface area contributed by atoms with Crippen LogP contribution in [-0.4, -0.2) is 39.7 Å². The van der Waals surface area contributed by atoms with Gasteiger partial charge in [-0.3, -0.25) is 9.69 Å². The SMILES string of the molecule is Cc1cc(NC(=O)c2ccc(-n3cc(CN4CCC(O)CC4)c4ccccc43)cc2)ccc1Oc1ccccc1. The number of nitrogens with zero attached hydrogens (tertiary/aromatic N) is 2. The van der Waals surface area contributed by atoms with Crippen LogP contribution in [0.2, 0.25) is 0 Å². The van der Waals surface area contributed by atoms with Gasteiger partial charge < -0.3 is 19.7 Å². The quantitative estimate of drug-likeness (QED) is 0.239. The Morgan fingerprint density at radius 1 is 0.925 bits per heavy atom. The van der Waals surface area contributed by atoms with Crippen LogP contribution in [0.1, 0.15) is 34.3 Å². The van der Waals surface area contributed by atoms with Crippen molar-refractivity contribution >= 4 is 22.5 Å². The Hall–Kier alpha value is -4.39. The third-order valence-electron chi connectivity index (χ3n) is 7.56. The number of ether oxygens (including phenoxy) is 1. The average Bonchev–Trinajstić information content (AvgIpc) is 3.34. The highest BCUT2D eigenvalue weighted by molar-refractivity contribution is 6.04. The number of fused-ring (bicyclic) bond motifs is 1. The van der Waals surface area contributed by atoms with E-state index in [-0.39, 0.29) is 12.0 Å². The molecule has 0 bridgehead atoms. The van der Waals surface area contributed by atoms with Gasteiger partial charge in [0.1, 0.15) is 11.5 Å². The summed E-state index contributed by atoms with van der Waals surface area (Å²) in [6.45, 7) is 4.64. The number of aryl methyl sites for hydroxylation is 1. The lowest BCUT2D eigenvalue weighted by atomic mass is 10.1. The highest BCUT2D eigenvalue weighted by Crippen LogP contribution is 2.29.